The Kier molecular flexibility index (Phi) is 9.45. The fourth-order valence-electron chi connectivity index (χ4n) is 13.3. The molecule has 348 valence electrons. The van der Waals surface area contributed by atoms with Gasteiger partial charge < -0.3 is 14.4 Å². The monoisotopic (exact) mass is 927 g/mol. The smallest absolute Gasteiger partial charge is 0.0593 e. The van der Waals surface area contributed by atoms with Gasteiger partial charge in [0.05, 0.1) is 17.3 Å². The Bertz CT molecular complexity index is 3970. The Balaban J connectivity index is 0.969. The first kappa shape index (κ1) is 42.7. The molecule has 0 radical (unpaired) electrons. The van der Waals surface area contributed by atoms with Gasteiger partial charge in [0.2, 0.25) is 0 Å². The summed E-state index contributed by atoms with van der Waals surface area (Å²) in [4.78, 5) is 5.13. The lowest BCUT2D eigenvalue weighted by Gasteiger charge is -2.38. The Hall–Kier alpha value is -8.14. The zero-order valence-corrected chi connectivity index (χ0v) is 41.7. The number of hydrogen-bond acceptors (Lipinski definition) is 2. The number of fused-ring (bicyclic) bond motifs is 11. The highest BCUT2D eigenvalue weighted by atomic mass is 15.2. The number of benzene rings is 9. The Morgan fingerprint density at radius 1 is 0.472 bits per heavy atom. The van der Waals surface area contributed by atoms with Crippen LogP contribution in [0.15, 0.2) is 218 Å². The van der Waals surface area contributed by atoms with Gasteiger partial charge in [-0.2, -0.15) is 0 Å². The van der Waals surface area contributed by atoms with E-state index in [1.54, 1.807) is 0 Å². The fraction of sp³-hybridized carbons (Fsp3) is 0.159. The third kappa shape index (κ3) is 6.36. The molecule has 9 aromatic carbocycles. The molecule has 72 heavy (non-hydrogen) atoms. The van der Waals surface area contributed by atoms with Crippen molar-refractivity contribution < 1.29 is 0 Å². The van der Waals surface area contributed by atoms with Crippen molar-refractivity contribution in [3.8, 4) is 16.8 Å². The zero-order chi connectivity index (χ0) is 48.5. The minimum Gasteiger partial charge on any atom is -0.334 e. The molecule has 0 spiro atoms. The van der Waals surface area contributed by atoms with Gasteiger partial charge in [0, 0.05) is 56.3 Å². The average Bonchev–Trinajstić information content (AvgIpc) is 3.96. The first-order valence-electron chi connectivity index (χ1n) is 25.9. The third-order valence-electron chi connectivity index (χ3n) is 16.9. The Labute approximate surface area is 423 Å². The maximum atomic E-state index is 2.63. The summed E-state index contributed by atoms with van der Waals surface area (Å²) in [6, 6.07) is 73.1. The molecule has 3 nitrogen and oxygen atoms in total. The van der Waals surface area contributed by atoms with Crippen molar-refractivity contribution in [3.05, 3.63) is 251 Å². The third-order valence-corrected chi connectivity index (χ3v) is 16.9. The van der Waals surface area contributed by atoms with E-state index < -0.39 is 0 Å². The Morgan fingerprint density at radius 3 is 1.82 bits per heavy atom. The predicted octanol–water partition coefficient (Wildman–Crippen LogP) is 18.4. The van der Waals surface area contributed by atoms with E-state index in [-0.39, 0.29) is 22.8 Å². The van der Waals surface area contributed by atoms with E-state index in [4.69, 9.17) is 0 Å². The van der Waals surface area contributed by atoms with Crippen LogP contribution in [-0.4, -0.2) is 10.6 Å². The largest absolute Gasteiger partial charge is 0.334 e. The highest BCUT2D eigenvalue weighted by molar-refractivity contribution is 5.99. The molecule has 1 aromatic heterocycles. The van der Waals surface area contributed by atoms with E-state index in [9.17, 15) is 0 Å². The molecule has 14 rings (SSSR count). The van der Waals surface area contributed by atoms with Crippen LogP contribution >= 0.6 is 0 Å². The van der Waals surface area contributed by atoms with E-state index in [1.165, 1.54) is 105 Å². The standard InChI is InChI=1S/C69H57N3/c1-44-64(71(51-30-28-46-18-10-12-20-48(46)40-51)54-32-35-58-56-24-14-16-26-61(56)69(4,5)63(58)43-54)37-38-66-67(44)59-41-52(33-36-65(59)72(66)49-21-7-6-8-22-49)70(50-29-27-45-17-9-11-19-47(45)39-50)53-31-34-57-55-23-13-15-25-60(55)68(2,3)62(57)42-53/h6-12,14,16-44,64H,13,15H2,1-5H3. The van der Waals surface area contributed by atoms with Crippen molar-refractivity contribution in [1.29, 1.82) is 0 Å². The lowest BCUT2D eigenvalue weighted by molar-refractivity contribution is 0.638. The second-order valence-electron chi connectivity index (χ2n) is 21.6. The molecule has 0 N–H and O–H groups in total. The summed E-state index contributed by atoms with van der Waals surface area (Å²) < 4.78 is 2.49. The van der Waals surface area contributed by atoms with E-state index in [0.29, 0.717) is 0 Å². The lowest BCUT2D eigenvalue weighted by Crippen LogP contribution is -2.35. The number of para-hydroxylation sites is 1. The van der Waals surface area contributed by atoms with Crippen LogP contribution in [0.5, 0.6) is 0 Å². The maximum absolute atomic E-state index is 2.63. The van der Waals surface area contributed by atoms with Gasteiger partial charge >= 0.3 is 0 Å². The highest BCUT2D eigenvalue weighted by Crippen LogP contribution is 2.55. The van der Waals surface area contributed by atoms with Crippen molar-refractivity contribution in [1.82, 2.24) is 4.57 Å². The van der Waals surface area contributed by atoms with E-state index in [0.717, 1.165) is 29.9 Å². The van der Waals surface area contributed by atoms with Crippen molar-refractivity contribution in [2.45, 2.75) is 70.3 Å². The fourth-order valence-corrected chi connectivity index (χ4v) is 13.3. The van der Waals surface area contributed by atoms with Crippen molar-refractivity contribution in [3.63, 3.8) is 0 Å². The van der Waals surface area contributed by atoms with Crippen LogP contribution in [0, 0.1) is 0 Å². The van der Waals surface area contributed by atoms with Gasteiger partial charge in [-0.1, -0.05) is 168 Å². The minimum atomic E-state index is -0.129. The van der Waals surface area contributed by atoms with Crippen molar-refractivity contribution in [2.75, 3.05) is 9.80 Å². The normalized spacial score (nSPS) is 17.7. The Morgan fingerprint density at radius 2 is 1.03 bits per heavy atom. The highest BCUT2D eigenvalue weighted by Gasteiger charge is 2.40. The summed E-state index contributed by atoms with van der Waals surface area (Å²) in [6.45, 7) is 12.1. The van der Waals surface area contributed by atoms with Crippen LogP contribution in [0.2, 0.25) is 0 Å². The van der Waals surface area contributed by atoms with Crippen LogP contribution in [0.3, 0.4) is 0 Å². The molecule has 0 saturated carbocycles. The zero-order valence-electron chi connectivity index (χ0n) is 41.7. The van der Waals surface area contributed by atoms with Gasteiger partial charge in [-0.05, 0) is 169 Å². The molecule has 4 aliphatic rings. The second-order valence-corrected chi connectivity index (χ2v) is 21.6. The second kappa shape index (κ2) is 15.9. The molecule has 10 aromatic rings. The summed E-state index contributed by atoms with van der Waals surface area (Å²) in [7, 11) is 0. The molecular formula is C69H57N3. The van der Waals surface area contributed by atoms with Crippen molar-refractivity contribution >= 4 is 72.5 Å². The summed E-state index contributed by atoms with van der Waals surface area (Å²) in [5.41, 5.74) is 21.7. The summed E-state index contributed by atoms with van der Waals surface area (Å²) in [5, 5.41) is 6.22. The summed E-state index contributed by atoms with van der Waals surface area (Å²) >= 11 is 0. The van der Waals surface area contributed by atoms with E-state index >= 15 is 0 Å². The molecule has 3 heteroatoms. The quantitative estimate of drug-likeness (QED) is 0.158. The minimum absolute atomic E-state index is 0.00441. The number of aromatic nitrogens is 1. The molecule has 0 saturated heterocycles. The van der Waals surface area contributed by atoms with Crippen molar-refractivity contribution in [2.24, 2.45) is 0 Å². The number of anilines is 5. The molecule has 1 heterocycles. The molecular weight excluding hydrogens is 871 g/mol. The van der Waals surface area contributed by atoms with Gasteiger partial charge in [-0.15, -0.1) is 0 Å². The number of rotatable bonds is 7. The SMILES string of the molecule is CC1c2c(n(-c3ccccc3)c3ccc(N(c4ccc5c(c4)C(C)(C)C4=CCCC=C45)c4ccc5ccccc5c4)cc23)C=CC1N(c1ccc2c(c1)C(C)(C)c1ccccc1-2)c1ccc2ccccc2c1. The number of hydrogen-bond donors (Lipinski definition) is 0. The maximum Gasteiger partial charge on any atom is 0.0593 e. The lowest BCUT2D eigenvalue weighted by atomic mass is 9.80. The molecule has 2 atom stereocenters. The predicted molar refractivity (Wildman–Crippen MR) is 305 cm³/mol. The van der Waals surface area contributed by atoms with Crippen LogP contribution in [0.4, 0.5) is 28.4 Å². The summed E-state index contributed by atoms with van der Waals surface area (Å²) in [5.74, 6) is 0.0949. The topological polar surface area (TPSA) is 11.4 Å². The molecule has 0 bridgehead atoms. The van der Waals surface area contributed by atoms with Gasteiger partial charge in [0.25, 0.3) is 0 Å². The van der Waals surface area contributed by atoms with E-state index in [2.05, 4.69) is 267 Å². The summed E-state index contributed by atoms with van der Waals surface area (Å²) in [6.07, 6.45) is 12.0. The molecule has 0 aliphatic heterocycles. The van der Waals surface area contributed by atoms with Gasteiger partial charge in [0.15, 0.2) is 0 Å². The first-order chi connectivity index (χ1) is 35.1. The molecule has 0 fully saturated rings. The number of nitrogens with zero attached hydrogens (tertiary/aromatic N) is 3. The molecule has 2 unspecified atom stereocenters. The molecule has 4 aliphatic carbocycles. The van der Waals surface area contributed by atoms with Crippen LogP contribution in [-0.2, 0) is 10.8 Å². The van der Waals surface area contributed by atoms with Gasteiger partial charge in [-0.3, -0.25) is 0 Å². The van der Waals surface area contributed by atoms with Crippen LogP contribution < -0.4 is 9.80 Å². The average molecular weight is 928 g/mol. The first-order valence-corrected chi connectivity index (χ1v) is 25.9. The van der Waals surface area contributed by atoms with Gasteiger partial charge in [-0.25, -0.2) is 0 Å². The number of allylic oxidation sites excluding steroid dienone is 4. The van der Waals surface area contributed by atoms with E-state index in [1.807, 2.05) is 0 Å². The molecule has 0 amide bonds. The van der Waals surface area contributed by atoms with Crippen LogP contribution in [0.25, 0.3) is 60.9 Å². The van der Waals surface area contributed by atoms with Crippen LogP contribution in [0.1, 0.15) is 86.9 Å². The van der Waals surface area contributed by atoms with Gasteiger partial charge in [0.1, 0.15) is 0 Å².